The van der Waals surface area contributed by atoms with Crippen LogP contribution in [0.3, 0.4) is 0 Å². The molecule has 0 bridgehead atoms. The van der Waals surface area contributed by atoms with Gasteiger partial charge in [0.1, 0.15) is 12.7 Å². The van der Waals surface area contributed by atoms with Crippen molar-refractivity contribution in [3.05, 3.63) is 95.8 Å². The molecule has 2 heterocycles. The third-order valence-corrected chi connectivity index (χ3v) is 5.18. The largest absolute Gasteiger partial charge is 0.311 e. The van der Waals surface area contributed by atoms with E-state index in [-0.39, 0.29) is 0 Å². The van der Waals surface area contributed by atoms with Crippen molar-refractivity contribution in [3.8, 4) is 28.2 Å². The highest BCUT2D eigenvalue weighted by Gasteiger charge is 2.19. The zero-order valence-electron chi connectivity index (χ0n) is 16.4. The molecule has 0 aliphatic heterocycles. The van der Waals surface area contributed by atoms with E-state index in [1.54, 1.807) is 0 Å². The van der Waals surface area contributed by atoms with Gasteiger partial charge in [0.25, 0.3) is 0 Å². The summed E-state index contributed by atoms with van der Waals surface area (Å²) in [5.74, 6) is 0. The molecule has 134 valence electrons. The Hall–Kier alpha value is -3.13. The summed E-state index contributed by atoms with van der Waals surface area (Å²) in [4.78, 5) is 0. The molecular weight excluding hydrogens is 328 g/mol. The van der Waals surface area contributed by atoms with Gasteiger partial charge in [-0.3, -0.25) is 0 Å². The first-order valence-corrected chi connectivity index (χ1v) is 9.35. The summed E-state index contributed by atoms with van der Waals surface area (Å²) in [7, 11) is 2.13. The smallest absolute Gasteiger partial charge is 0.229 e. The molecule has 0 amide bonds. The van der Waals surface area contributed by atoms with Crippen molar-refractivity contribution in [1.29, 1.82) is 0 Å². The van der Waals surface area contributed by atoms with Gasteiger partial charge in [0.15, 0.2) is 6.20 Å². The molecule has 2 nitrogen and oxygen atoms in total. The predicted octanol–water partition coefficient (Wildman–Crippen LogP) is 5.56. The molecule has 0 aliphatic carbocycles. The predicted molar refractivity (Wildman–Crippen MR) is 112 cm³/mol. The van der Waals surface area contributed by atoms with Crippen LogP contribution < -0.4 is 4.57 Å². The van der Waals surface area contributed by atoms with Crippen LogP contribution >= 0.6 is 0 Å². The van der Waals surface area contributed by atoms with Crippen molar-refractivity contribution < 1.29 is 4.57 Å². The number of benzene rings is 2. The lowest BCUT2D eigenvalue weighted by Crippen LogP contribution is -2.31. The molecule has 2 aromatic heterocycles. The monoisotopic (exact) mass is 353 g/mol. The van der Waals surface area contributed by atoms with Crippen LogP contribution in [-0.2, 0) is 7.05 Å². The molecule has 0 aliphatic rings. The van der Waals surface area contributed by atoms with E-state index in [2.05, 4.69) is 116 Å². The number of rotatable bonds is 3. The van der Waals surface area contributed by atoms with Crippen LogP contribution in [0, 0.1) is 20.8 Å². The minimum absolute atomic E-state index is 1.21. The fourth-order valence-corrected chi connectivity index (χ4v) is 3.79. The van der Waals surface area contributed by atoms with Crippen molar-refractivity contribution in [2.75, 3.05) is 0 Å². The van der Waals surface area contributed by atoms with Crippen LogP contribution in [0.4, 0.5) is 0 Å². The zero-order valence-corrected chi connectivity index (χ0v) is 16.4. The maximum absolute atomic E-state index is 2.31. The summed E-state index contributed by atoms with van der Waals surface area (Å²) >= 11 is 0. The highest BCUT2D eigenvalue weighted by Crippen LogP contribution is 2.28. The Labute approximate surface area is 161 Å². The van der Waals surface area contributed by atoms with Gasteiger partial charge in [-0.1, -0.05) is 48.0 Å². The number of hydrogen-bond donors (Lipinski definition) is 0. The Balaban J connectivity index is 1.84. The Morgan fingerprint density at radius 1 is 0.741 bits per heavy atom. The van der Waals surface area contributed by atoms with Crippen LogP contribution in [0.2, 0.25) is 0 Å². The Morgan fingerprint density at radius 3 is 2.22 bits per heavy atom. The molecule has 0 spiro atoms. The SMILES string of the molecule is Cc1ccc(-n2ccc(C)c2-c2ccc(-c3ccccc3)c[n+]2C)c(C)c1. The first-order valence-electron chi connectivity index (χ1n) is 9.35. The average Bonchev–Trinajstić information content (AvgIpc) is 3.03. The minimum Gasteiger partial charge on any atom is -0.311 e. The third-order valence-electron chi connectivity index (χ3n) is 5.18. The molecule has 0 unspecified atom stereocenters. The molecule has 0 fully saturated rings. The topological polar surface area (TPSA) is 8.81 Å². The molecule has 2 heteroatoms. The van der Waals surface area contributed by atoms with Crippen LogP contribution in [0.1, 0.15) is 16.7 Å². The van der Waals surface area contributed by atoms with Crippen molar-refractivity contribution in [1.82, 2.24) is 4.57 Å². The van der Waals surface area contributed by atoms with Gasteiger partial charge in [-0.25, -0.2) is 0 Å². The van der Waals surface area contributed by atoms with Gasteiger partial charge in [0, 0.05) is 23.5 Å². The first-order chi connectivity index (χ1) is 13.0. The lowest BCUT2D eigenvalue weighted by molar-refractivity contribution is -0.660. The van der Waals surface area contributed by atoms with Crippen LogP contribution in [-0.4, -0.2) is 4.57 Å². The molecule has 2 aromatic carbocycles. The third kappa shape index (κ3) is 3.19. The molecule has 0 atom stereocenters. The molecule has 4 aromatic rings. The Kier molecular flexibility index (Phi) is 4.41. The van der Waals surface area contributed by atoms with E-state index >= 15 is 0 Å². The second-order valence-corrected chi connectivity index (χ2v) is 7.29. The highest BCUT2D eigenvalue weighted by atomic mass is 15.0. The van der Waals surface area contributed by atoms with Crippen LogP contribution in [0.25, 0.3) is 28.2 Å². The minimum atomic E-state index is 1.21. The number of aryl methyl sites for hydroxylation is 4. The summed E-state index contributed by atoms with van der Waals surface area (Å²) < 4.78 is 4.53. The molecule has 0 N–H and O–H groups in total. The quantitative estimate of drug-likeness (QED) is 0.426. The summed E-state index contributed by atoms with van der Waals surface area (Å²) in [6, 6.07) is 23.8. The zero-order chi connectivity index (χ0) is 19.0. The number of aromatic nitrogens is 2. The van der Waals surface area contributed by atoms with E-state index in [0.29, 0.717) is 0 Å². The Morgan fingerprint density at radius 2 is 1.52 bits per heavy atom. The van der Waals surface area contributed by atoms with Gasteiger partial charge in [-0.2, -0.15) is 4.57 Å². The van der Waals surface area contributed by atoms with E-state index in [4.69, 9.17) is 0 Å². The van der Waals surface area contributed by atoms with E-state index in [9.17, 15) is 0 Å². The summed E-state index contributed by atoms with van der Waals surface area (Å²) in [6.45, 7) is 6.50. The lowest BCUT2D eigenvalue weighted by Gasteiger charge is -2.13. The van der Waals surface area contributed by atoms with E-state index in [1.165, 1.54) is 44.9 Å². The first kappa shape index (κ1) is 17.3. The maximum atomic E-state index is 2.31. The van der Waals surface area contributed by atoms with Gasteiger partial charge in [-0.15, -0.1) is 0 Å². The second kappa shape index (κ2) is 6.88. The number of hydrogen-bond acceptors (Lipinski definition) is 0. The lowest BCUT2D eigenvalue weighted by atomic mass is 10.1. The van der Waals surface area contributed by atoms with Crippen molar-refractivity contribution in [3.63, 3.8) is 0 Å². The molecule has 27 heavy (non-hydrogen) atoms. The standard InChI is InChI=1S/C25H25N2/c1-18-10-12-23(20(3)16-18)27-15-14-19(2)25(27)24-13-11-22(17-26(24)4)21-8-6-5-7-9-21/h5-17H,1-4H3/q+1. The van der Waals surface area contributed by atoms with Crippen molar-refractivity contribution in [2.24, 2.45) is 7.05 Å². The van der Waals surface area contributed by atoms with Gasteiger partial charge >= 0.3 is 0 Å². The highest BCUT2D eigenvalue weighted by molar-refractivity contribution is 5.66. The van der Waals surface area contributed by atoms with Gasteiger partial charge < -0.3 is 4.57 Å². The molecule has 0 saturated heterocycles. The Bertz CT molecular complexity index is 1100. The summed E-state index contributed by atoms with van der Waals surface area (Å²) in [5, 5.41) is 0. The van der Waals surface area contributed by atoms with Gasteiger partial charge in [0.05, 0.1) is 0 Å². The van der Waals surface area contributed by atoms with E-state index in [0.717, 1.165) is 0 Å². The second-order valence-electron chi connectivity index (χ2n) is 7.29. The maximum Gasteiger partial charge on any atom is 0.229 e. The fraction of sp³-hybridized carbons (Fsp3) is 0.160. The summed E-state index contributed by atoms with van der Waals surface area (Å²) in [6.07, 6.45) is 4.39. The normalized spacial score (nSPS) is 11.0. The van der Waals surface area contributed by atoms with Gasteiger partial charge in [-0.05, 0) is 55.7 Å². The van der Waals surface area contributed by atoms with E-state index in [1.807, 2.05) is 0 Å². The van der Waals surface area contributed by atoms with Crippen LogP contribution in [0.15, 0.2) is 79.1 Å². The summed E-state index contributed by atoms with van der Waals surface area (Å²) in [5.41, 5.74) is 10.00. The molecular formula is C25H25N2+. The van der Waals surface area contributed by atoms with Crippen molar-refractivity contribution >= 4 is 0 Å². The average molecular weight is 353 g/mol. The molecule has 4 rings (SSSR count). The van der Waals surface area contributed by atoms with Gasteiger partial charge in [0.2, 0.25) is 5.69 Å². The van der Waals surface area contributed by atoms with Crippen LogP contribution in [0.5, 0.6) is 0 Å². The molecule has 0 radical (unpaired) electrons. The van der Waals surface area contributed by atoms with E-state index < -0.39 is 0 Å². The number of nitrogens with zero attached hydrogens (tertiary/aromatic N) is 2. The van der Waals surface area contributed by atoms with Crippen molar-refractivity contribution in [2.45, 2.75) is 20.8 Å². The molecule has 0 saturated carbocycles. The fourth-order valence-electron chi connectivity index (χ4n) is 3.79. The number of pyridine rings is 1.